The molecule has 1 atom stereocenters. The van der Waals surface area contributed by atoms with E-state index in [2.05, 4.69) is 10.4 Å². The highest BCUT2D eigenvalue weighted by Gasteiger charge is 2.47. The predicted molar refractivity (Wildman–Crippen MR) is 61.7 cm³/mol. The standard InChI is InChI=1S/C12H16F3N3O/c13-11(7-19)2-3-12(14,15)10-8-5-16-4-1-9(8)17-18(10)6-11/h16,19H,1-7H2. The molecule has 7 heteroatoms. The van der Waals surface area contributed by atoms with Gasteiger partial charge in [-0.15, -0.1) is 0 Å². The fraction of sp³-hybridized carbons (Fsp3) is 0.750. The van der Waals surface area contributed by atoms with E-state index < -0.39 is 24.6 Å². The third-order valence-corrected chi connectivity index (χ3v) is 3.92. The van der Waals surface area contributed by atoms with Gasteiger partial charge < -0.3 is 10.4 Å². The molecule has 19 heavy (non-hydrogen) atoms. The summed E-state index contributed by atoms with van der Waals surface area (Å²) < 4.78 is 43.8. The van der Waals surface area contributed by atoms with Crippen LogP contribution in [0, 0.1) is 0 Å². The molecule has 0 aromatic carbocycles. The van der Waals surface area contributed by atoms with Crippen LogP contribution in [0.1, 0.15) is 29.8 Å². The van der Waals surface area contributed by atoms with Crippen molar-refractivity contribution >= 4 is 0 Å². The molecule has 0 aliphatic carbocycles. The number of fused-ring (bicyclic) bond motifs is 3. The minimum Gasteiger partial charge on any atom is -0.393 e. The highest BCUT2D eigenvalue weighted by atomic mass is 19.3. The molecule has 0 spiro atoms. The molecule has 0 radical (unpaired) electrons. The highest BCUT2D eigenvalue weighted by Crippen LogP contribution is 2.42. The summed E-state index contributed by atoms with van der Waals surface area (Å²) in [5.74, 6) is -3.09. The van der Waals surface area contributed by atoms with Gasteiger partial charge >= 0.3 is 0 Å². The zero-order valence-electron chi connectivity index (χ0n) is 10.4. The first-order chi connectivity index (χ1) is 8.95. The summed E-state index contributed by atoms with van der Waals surface area (Å²) in [4.78, 5) is 0. The van der Waals surface area contributed by atoms with Crippen molar-refractivity contribution in [3.63, 3.8) is 0 Å². The molecule has 1 aromatic heterocycles. The summed E-state index contributed by atoms with van der Waals surface area (Å²) in [7, 11) is 0. The maximum Gasteiger partial charge on any atom is 0.289 e. The molecule has 0 saturated carbocycles. The quantitative estimate of drug-likeness (QED) is 0.807. The summed E-state index contributed by atoms with van der Waals surface area (Å²) in [6, 6.07) is 0. The van der Waals surface area contributed by atoms with Crippen LogP contribution in [0.2, 0.25) is 0 Å². The molecule has 0 amide bonds. The van der Waals surface area contributed by atoms with Gasteiger partial charge in [0.1, 0.15) is 5.69 Å². The molecule has 0 saturated heterocycles. The molecule has 3 rings (SSSR count). The van der Waals surface area contributed by atoms with Crippen LogP contribution in [-0.4, -0.2) is 33.7 Å². The van der Waals surface area contributed by atoms with Gasteiger partial charge in [-0.3, -0.25) is 4.68 Å². The SMILES string of the molecule is OCC1(F)CCC(F)(F)c2c3c(nn2C1)CCNC3. The molecule has 0 fully saturated rings. The van der Waals surface area contributed by atoms with Crippen LogP contribution < -0.4 is 5.32 Å². The number of alkyl halides is 3. The molecule has 0 bridgehead atoms. The molecule has 1 unspecified atom stereocenters. The third kappa shape index (κ3) is 2.04. The summed E-state index contributed by atoms with van der Waals surface area (Å²) >= 11 is 0. The average Bonchev–Trinajstić information content (AvgIpc) is 2.70. The van der Waals surface area contributed by atoms with E-state index in [1.165, 1.54) is 0 Å². The number of nitrogens with one attached hydrogen (secondary N) is 1. The number of aliphatic hydroxyl groups excluding tert-OH is 1. The normalized spacial score (nSPS) is 29.5. The lowest BCUT2D eigenvalue weighted by Crippen LogP contribution is -2.33. The van der Waals surface area contributed by atoms with E-state index >= 15 is 0 Å². The molecule has 2 aliphatic heterocycles. The molecule has 3 heterocycles. The van der Waals surface area contributed by atoms with Gasteiger partial charge in [0.15, 0.2) is 5.67 Å². The Morgan fingerprint density at radius 3 is 2.84 bits per heavy atom. The minimum atomic E-state index is -3.09. The second-order valence-electron chi connectivity index (χ2n) is 5.37. The first-order valence-electron chi connectivity index (χ1n) is 6.43. The maximum atomic E-state index is 14.3. The topological polar surface area (TPSA) is 50.1 Å². The lowest BCUT2D eigenvalue weighted by Gasteiger charge is -2.20. The fourth-order valence-corrected chi connectivity index (χ4v) is 2.86. The van der Waals surface area contributed by atoms with Crippen LogP contribution >= 0.6 is 0 Å². The number of rotatable bonds is 1. The molecule has 1 aromatic rings. The zero-order chi connectivity index (χ0) is 13.7. The van der Waals surface area contributed by atoms with E-state index in [0.29, 0.717) is 30.8 Å². The lowest BCUT2D eigenvalue weighted by atomic mass is 9.97. The minimum absolute atomic E-state index is 0.178. The number of halogens is 3. The van der Waals surface area contributed by atoms with Gasteiger partial charge in [-0.05, 0) is 6.42 Å². The van der Waals surface area contributed by atoms with Crippen molar-refractivity contribution in [2.24, 2.45) is 0 Å². The summed E-state index contributed by atoms with van der Waals surface area (Å²) in [6.07, 6.45) is -0.381. The van der Waals surface area contributed by atoms with Crippen molar-refractivity contribution in [3.05, 3.63) is 17.0 Å². The van der Waals surface area contributed by atoms with Crippen LogP contribution in [-0.2, 0) is 25.4 Å². The fourth-order valence-electron chi connectivity index (χ4n) is 2.86. The monoisotopic (exact) mass is 275 g/mol. The Kier molecular flexibility index (Phi) is 2.86. The van der Waals surface area contributed by atoms with E-state index in [1.807, 2.05) is 0 Å². The van der Waals surface area contributed by atoms with Gasteiger partial charge in [-0.1, -0.05) is 0 Å². The van der Waals surface area contributed by atoms with Crippen molar-refractivity contribution in [3.8, 4) is 0 Å². The van der Waals surface area contributed by atoms with Gasteiger partial charge in [-0.2, -0.15) is 13.9 Å². The molecule has 106 valence electrons. The van der Waals surface area contributed by atoms with E-state index in [9.17, 15) is 13.2 Å². The second-order valence-corrected chi connectivity index (χ2v) is 5.37. The average molecular weight is 275 g/mol. The number of hydrogen-bond acceptors (Lipinski definition) is 3. The summed E-state index contributed by atoms with van der Waals surface area (Å²) in [5.41, 5.74) is -1.08. The van der Waals surface area contributed by atoms with Crippen LogP contribution in [0.3, 0.4) is 0 Å². The van der Waals surface area contributed by atoms with Gasteiger partial charge in [0.25, 0.3) is 5.92 Å². The predicted octanol–water partition coefficient (Wildman–Crippen LogP) is 1.12. The van der Waals surface area contributed by atoms with Gasteiger partial charge in [0.05, 0.1) is 18.8 Å². The van der Waals surface area contributed by atoms with E-state index in [0.717, 1.165) is 4.68 Å². The first kappa shape index (κ1) is 12.9. The Hall–Kier alpha value is -1.08. The van der Waals surface area contributed by atoms with Crippen molar-refractivity contribution in [2.45, 2.75) is 43.9 Å². The van der Waals surface area contributed by atoms with Crippen LogP contribution in [0.15, 0.2) is 0 Å². The second kappa shape index (κ2) is 4.21. The van der Waals surface area contributed by atoms with Crippen LogP contribution in [0.4, 0.5) is 13.2 Å². The number of aromatic nitrogens is 2. The summed E-state index contributed by atoms with van der Waals surface area (Å²) in [6.45, 7) is -0.0266. The Balaban J connectivity index is 2.11. The van der Waals surface area contributed by atoms with Gasteiger partial charge in [-0.25, -0.2) is 4.39 Å². The van der Waals surface area contributed by atoms with Crippen molar-refractivity contribution in [2.75, 3.05) is 13.2 Å². The number of hydrogen-bond donors (Lipinski definition) is 2. The molecular weight excluding hydrogens is 259 g/mol. The van der Waals surface area contributed by atoms with Crippen LogP contribution in [0.25, 0.3) is 0 Å². The van der Waals surface area contributed by atoms with E-state index in [-0.39, 0.29) is 18.7 Å². The largest absolute Gasteiger partial charge is 0.393 e. The Bertz CT molecular complexity index is 503. The van der Waals surface area contributed by atoms with Crippen molar-refractivity contribution in [1.82, 2.24) is 15.1 Å². The Morgan fingerprint density at radius 1 is 1.32 bits per heavy atom. The molecular formula is C12H16F3N3O. The lowest BCUT2D eigenvalue weighted by molar-refractivity contribution is -0.0320. The molecule has 2 aliphatic rings. The van der Waals surface area contributed by atoms with E-state index in [4.69, 9.17) is 5.11 Å². The van der Waals surface area contributed by atoms with Crippen molar-refractivity contribution < 1.29 is 18.3 Å². The highest BCUT2D eigenvalue weighted by molar-refractivity contribution is 5.32. The van der Waals surface area contributed by atoms with Crippen molar-refractivity contribution in [1.29, 1.82) is 0 Å². The third-order valence-electron chi connectivity index (χ3n) is 3.92. The number of aliphatic hydroxyl groups is 1. The molecule has 2 N–H and O–H groups in total. The Morgan fingerprint density at radius 2 is 2.11 bits per heavy atom. The van der Waals surface area contributed by atoms with Gasteiger partial charge in [0, 0.05) is 31.5 Å². The zero-order valence-corrected chi connectivity index (χ0v) is 10.4. The summed E-state index contributed by atoms with van der Waals surface area (Å²) in [5, 5.41) is 16.3. The van der Waals surface area contributed by atoms with Gasteiger partial charge in [0.2, 0.25) is 0 Å². The van der Waals surface area contributed by atoms with E-state index in [1.54, 1.807) is 0 Å². The van der Waals surface area contributed by atoms with Crippen LogP contribution in [0.5, 0.6) is 0 Å². The molecule has 4 nitrogen and oxygen atoms in total. The maximum absolute atomic E-state index is 14.3. The Labute approximate surface area is 108 Å². The number of nitrogens with zero attached hydrogens (tertiary/aromatic N) is 2. The smallest absolute Gasteiger partial charge is 0.289 e. The first-order valence-corrected chi connectivity index (χ1v) is 6.43.